The summed E-state index contributed by atoms with van der Waals surface area (Å²) in [6, 6.07) is 4.16. The highest BCUT2D eigenvalue weighted by molar-refractivity contribution is 7.82. The molecule has 4 heterocycles. The van der Waals surface area contributed by atoms with Crippen LogP contribution in [0.3, 0.4) is 0 Å². The number of piperidine rings is 2. The van der Waals surface area contributed by atoms with Crippen LogP contribution in [0.25, 0.3) is 0 Å². The van der Waals surface area contributed by atoms with Crippen molar-refractivity contribution < 1.29 is 35.8 Å². The van der Waals surface area contributed by atoms with Crippen LogP contribution >= 0.6 is 0 Å². The average Bonchev–Trinajstić information content (AvgIpc) is 3.40. The van der Waals surface area contributed by atoms with Crippen molar-refractivity contribution in [2.45, 2.75) is 83.2 Å². The minimum absolute atomic E-state index is 0.0983. The summed E-state index contributed by atoms with van der Waals surface area (Å²) < 4.78 is 42.4. The minimum Gasteiger partial charge on any atom is -0.444 e. The quantitative estimate of drug-likeness (QED) is 0.481. The lowest BCUT2D eigenvalue weighted by molar-refractivity contribution is -0.000796. The van der Waals surface area contributed by atoms with Crippen LogP contribution in [0.4, 0.5) is 9.59 Å². The van der Waals surface area contributed by atoms with Crippen LogP contribution in [-0.4, -0.2) is 90.0 Å². The number of nitriles is 1. The number of rotatable bonds is 1. The molecule has 220 valence electrons. The second-order valence-electron chi connectivity index (χ2n) is 12.4. The summed E-state index contributed by atoms with van der Waals surface area (Å²) in [7, 11) is -3.89. The first kappa shape index (κ1) is 30.0. The van der Waals surface area contributed by atoms with Crippen molar-refractivity contribution in [1.29, 1.82) is 5.26 Å². The monoisotopic (exact) mass is 579 g/mol. The average molecular weight is 580 g/mol. The van der Waals surface area contributed by atoms with Crippen molar-refractivity contribution in [1.82, 2.24) is 19.8 Å². The highest BCUT2D eigenvalue weighted by atomic mass is 32.3. The highest BCUT2D eigenvalue weighted by Gasteiger charge is 2.70. The Balaban J connectivity index is 0.000000189. The lowest BCUT2D eigenvalue weighted by Gasteiger charge is -2.33. The Morgan fingerprint density at radius 3 is 2.00 bits per heavy atom. The first-order valence-electron chi connectivity index (χ1n) is 13.3. The van der Waals surface area contributed by atoms with Crippen molar-refractivity contribution in [3.05, 3.63) is 24.3 Å². The van der Waals surface area contributed by atoms with Gasteiger partial charge in [0.15, 0.2) is 0 Å². The molecule has 14 heteroatoms. The van der Waals surface area contributed by atoms with Gasteiger partial charge in [-0.05, 0) is 66.4 Å². The summed E-state index contributed by atoms with van der Waals surface area (Å²) in [4.78, 5) is 35.7. The van der Waals surface area contributed by atoms with Gasteiger partial charge in [-0.1, -0.05) is 0 Å². The molecule has 5 atom stereocenters. The summed E-state index contributed by atoms with van der Waals surface area (Å²) in [5.74, 6) is 0.915. The van der Waals surface area contributed by atoms with E-state index in [0.717, 1.165) is 6.42 Å². The van der Waals surface area contributed by atoms with Crippen LogP contribution in [0.15, 0.2) is 18.5 Å². The van der Waals surface area contributed by atoms with Crippen LogP contribution in [0, 0.1) is 23.2 Å². The SMILES string of the molecule is CC(C)(C)OC(=O)N1CCC2C(C1)C2(C#N)c1ncccn1.CC(C)(C)OC(=O)N1CCC2OS(=O)(=O)OC2C1. The van der Waals surface area contributed by atoms with Crippen LogP contribution in [0.5, 0.6) is 0 Å². The van der Waals surface area contributed by atoms with Gasteiger partial charge in [-0.25, -0.2) is 27.9 Å². The molecule has 2 amide bonds. The Bertz CT molecular complexity index is 1260. The molecule has 3 aliphatic heterocycles. The second kappa shape index (κ2) is 10.8. The fourth-order valence-electron chi connectivity index (χ4n) is 5.33. The van der Waals surface area contributed by atoms with Crippen molar-refractivity contribution in [2.75, 3.05) is 26.2 Å². The molecule has 1 aromatic rings. The highest BCUT2D eigenvalue weighted by Crippen LogP contribution is 2.62. The van der Waals surface area contributed by atoms with Gasteiger partial charge in [-0.15, -0.1) is 0 Å². The zero-order valence-electron chi connectivity index (χ0n) is 23.7. The molecule has 5 rings (SSSR count). The maximum absolute atomic E-state index is 12.2. The molecular formula is C26H37N5O8S. The summed E-state index contributed by atoms with van der Waals surface area (Å²) in [5.41, 5.74) is -1.72. The second-order valence-corrected chi connectivity index (χ2v) is 13.6. The Hall–Kier alpha value is -3.02. The zero-order valence-corrected chi connectivity index (χ0v) is 24.5. The molecule has 1 aliphatic carbocycles. The van der Waals surface area contributed by atoms with Crippen molar-refractivity contribution in [2.24, 2.45) is 11.8 Å². The largest absolute Gasteiger partial charge is 0.444 e. The van der Waals surface area contributed by atoms with Crippen molar-refractivity contribution in [3.63, 3.8) is 0 Å². The lowest BCUT2D eigenvalue weighted by atomic mass is 10.0. The third kappa shape index (κ3) is 6.64. The van der Waals surface area contributed by atoms with Gasteiger partial charge < -0.3 is 19.3 Å². The van der Waals surface area contributed by atoms with E-state index in [1.807, 2.05) is 20.8 Å². The van der Waals surface area contributed by atoms with Gasteiger partial charge in [-0.2, -0.15) is 13.7 Å². The van der Waals surface area contributed by atoms with E-state index in [2.05, 4.69) is 16.0 Å². The van der Waals surface area contributed by atoms with Gasteiger partial charge in [0.25, 0.3) is 0 Å². The molecule has 0 spiro atoms. The maximum atomic E-state index is 12.2. The third-order valence-electron chi connectivity index (χ3n) is 7.08. The smallest absolute Gasteiger partial charge is 0.410 e. The first-order valence-corrected chi connectivity index (χ1v) is 14.6. The molecule has 4 aliphatic rings. The van der Waals surface area contributed by atoms with Crippen LogP contribution in [-0.2, 0) is 33.7 Å². The van der Waals surface area contributed by atoms with Crippen molar-refractivity contribution >= 4 is 22.6 Å². The van der Waals surface area contributed by atoms with Gasteiger partial charge >= 0.3 is 22.6 Å². The number of amides is 2. The Morgan fingerprint density at radius 1 is 0.925 bits per heavy atom. The molecule has 40 heavy (non-hydrogen) atoms. The van der Waals surface area contributed by atoms with Gasteiger partial charge in [0.05, 0.1) is 12.6 Å². The number of carbonyl (C=O) groups is 2. The van der Waals surface area contributed by atoms with Crippen molar-refractivity contribution in [3.8, 4) is 6.07 Å². The molecular weight excluding hydrogens is 542 g/mol. The number of ether oxygens (including phenoxy) is 2. The fraction of sp³-hybridized carbons (Fsp3) is 0.731. The Labute approximate surface area is 235 Å². The number of hydrogen-bond donors (Lipinski definition) is 0. The molecule has 0 radical (unpaired) electrons. The van der Waals surface area contributed by atoms with Gasteiger partial charge in [0, 0.05) is 37.9 Å². The summed E-state index contributed by atoms with van der Waals surface area (Å²) in [5, 5.41) is 9.69. The van der Waals surface area contributed by atoms with Crippen LogP contribution in [0.1, 0.15) is 60.2 Å². The van der Waals surface area contributed by atoms with Crippen LogP contribution < -0.4 is 0 Å². The first-order chi connectivity index (χ1) is 18.5. The number of fused-ring (bicyclic) bond motifs is 2. The molecule has 0 bridgehead atoms. The molecule has 13 nitrogen and oxygen atoms in total. The minimum atomic E-state index is -3.89. The van der Waals surface area contributed by atoms with E-state index in [0.29, 0.717) is 31.9 Å². The van der Waals surface area contributed by atoms with E-state index < -0.39 is 45.3 Å². The predicted octanol–water partition coefficient (Wildman–Crippen LogP) is 2.78. The number of nitrogens with zero attached hydrogens (tertiary/aromatic N) is 5. The topological polar surface area (TPSA) is 161 Å². The molecule has 0 aromatic carbocycles. The van der Waals surface area contributed by atoms with Gasteiger partial charge in [-0.3, -0.25) is 0 Å². The molecule has 5 unspecified atom stereocenters. The fourth-order valence-corrected chi connectivity index (χ4v) is 6.39. The van der Waals surface area contributed by atoms with E-state index in [4.69, 9.17) is 17.8 Å². The number of carbonyl (C=O) groups excluding carboxylic acids is 2. The maximum Gasteiger partial charge on any atom is 0.410 e. The Morgan fingerprint density at radius 2 is 1.45 bits per heavy atom. The van der Waals surface area contributed by atoms with E-state index in [9.17, 15) is 23.3 Å². The normalized spacial score (nSPS) is 30.5. The summed E-state index contributed by atoms with van der Waals surface area (Å²) in [6.07, 6.45) is 2.64. The van der Waals surface area contributed by atoms with Gasteiger partial charge in [0.2, 0.25) is 0 Å². The third-order valence-corrected chi connectivity index (χ3v) is 8.04. The summed E-state index contributed by atoms with van der Waals surface area (Å²) in [6.45, 7) is 12.6. The zero-order chi connectivity index (χ0) is 29.5. The lowest BCUT2D eigenvalue weighted by Crippen LogP contribution is -2.49. The van der Waals surface area contributed by atoms with Gasteiger partial charge in [0.1, 0.15) is 34.6 Å². The number of hydrogen-bond acceptors (Lipinski definition) is 11. The molecule has 1 saturated carbocycles. The van der Waals surface area contributed by atoms with Crippen LogP contribution in [0.2, 0.25) is 0 Å². The van der Waals surface area contributed by atoms with E-state index in [1.54, 1.807) is 44.1 Å². The predicted molar refractivity (Wildman–Crippen MR) is 140 cm³/mol. The summed E-state index contributed by atoms with van der Waals surface area (Å²) >= 11 is 0. The van der Waals surface area contributed by atoms with E-state index >= 15 is 0 Å². The molecule has 0 N–H and O–H groups in total. The number of likely N-dealkylation sites (tertiary alicyclic amines) is 2. The number of aromatic nitrogens is 2. The molecule has 4 fully saturated rings. The standard InChI is InChI=1S/C16H20N4O2.C10H17NO6S/c1-15(2,3)22-14(21)20-8-5-11-12(9-20)16(11,10-17)13-18-6-4-7-19-13;1-10(2,3)15-9(12)11-5-4-7-8(6-11)17-18(13,14)16-7/h4,6-7,11-12H,5,8-9H2,1-3H3;7-8H,4-6H2,1-3H3. The molecule has 3 saturated heterocycles. The van der Waals surface area contributed by atoms with E-state index in [-0.39, 0.29) is 24.5 Å². The molecule has 1 aromatic heterocycles. The van der Waals surface area contributed by atoms with E-state index in [1.165, 1.54) is 4.90 Å². The Kier molecular flexibility index (Phi) is 8.05.